The predicted octanol–water partition coefficient (Wildman–Crippen LogP) is 2.27. The summed E-state index contributed by atoms with van der Waals surface area (Å²) in [6.07, 6.45) is 5.74. The van der Waals surface area contributed by atoms with Crippen LogP contribution in [-0.2, 0) is 31.9 Å². The fraction of sp³-hybridized carbons (Fsp3) is 0.682. The van der Waals surface area contributed by atoms with Crippen LogP contribution in [0.3, 0.4) is 0 Å². The summed E-state index contributed by atoms with van der Waals surface area (Å²) < 4.78 is 10.2. The molecule has 164 valence electrons. The predicted molar refractivity (Wildman–Crippen MR) is 113 cm³/mol. The number of carbonyl (C=O) groups excluding carboxylic acids is 3. The molecule has 2 fully saturated rings. The topological polar surface area (TPSA) is 76.2 Å². The Morgan fingerprint density at radius 2 is 1.93 bits per heavy atom. The summed E-state index contributed by atoms with van der Waals surface area (Å²) in [5.41, 5.74) is 1.98. The van der Waals surface area contributed by atoms with E-state index in [1.165, 1.54) is 24.7 Å². The Morgan fingerprint density at radius 1 is 1.20 bits per heavy atom. The molecule has 30 heavy (non-hydrogen) atoms. The zero-order valence-electron chi connectivity index (χ0n) is 17.8. The number of aryl methyl sites for hydroxylation is 1. The quantitative estimate of drug-likeness (QED) is 0.665. The average molecular weight is 435 g/mol. The minimum atomic E-state index is -0.589. The number of fused-ring (bicyclic) bond motifs is 1. The van der Waals surface area contributed by atoms with E-state index >= 15 is 0 Å². The maximum atomic E-state index is 13.3. The van der Waals surface area contributed by atoms with E-state index in [9.17, 15) is 14.4 Å². The Hall–Kier alpha value is -1.93. The van der Waals surface area contributed by atoms with Gasteiger partial charge in [-0.25, -0.2) is 0 Å². The van der Waals surface area contributed by atoms with Crippen molar-refractivity contribution in [3.8, 4) is 0 Å². The SMILES string of the molecule is COCCN1C(=O)CC(C(=O)OC)C12CCN(C(=O)c1scc3c1CCCC3)CC2. The van der Waals surface area contributed by atoms with Crippen molar-refractivity contribution in [2.24, 2.45) is 5.92 Å². The van der Waals surface area contributed by atoms with Gasteiger partial charge in [-0.3, -0.25) is 14.4 Å². The molecule has 0 aromatic carbocycles. The van der Waals surface area contributed by atoms with Gasteiger partial charge >= 0.3 is 5.97 Å². The van der Waals surface area contributed by atoms with E-state index in [1.54, 1.807) is 18.4 Å². The van der Waals surface area contributed by atoms with Gasteiger partial charge in [0.1, 0.15) is 0 Å². The van der Waals surface area contributed by atoms with Crippen LogP contribution < -0.4 is 0 Å². The van der Waals surface area contributed by atoms with E-state index in [0.29, 0.717) is 39.1 Å². The van der Waals surface area contributed by atoms with Crippen molar-refractivity contribution < 1.29 is 23.9 Å². The lowest BCUT2D eigenvalue weighted by atomic mass is 9.76. The van der Waals surface area contributed by atoms with Crippen molar-refractivity contribution in [3.63, 3.8) is 0 Å². The zero-order chi connectivity index (χ0) is 21.3. The van der Waals surface area contributed by atoms with Crippen LogP contribution in [0.5, 0.6) is 0 Å². The van der Waals surface area contributed by atoms with Gasteiger partial charge in [-0.05, 0) is 55.0 Å². The first-order valence-corrected chi connectivity index (χ1v) is 11.7. The molecule has 0 N–H and O–H groups in total. The number of nitrogens with zero attached hydrogens (tertiary/aromatic N) is 2. The molecule has 0 saturated carbocycles. The minimum absolute atomic E-state index is 0.0328. The molecule has 1 atom stereocenters. The summed E-state index contributed by atoms with van der Waals surface area (Å²) in [4.78, 5) is 43.1. The number of likely N-dealkylation sites (tertiary alicyclic amines) is 2. The van der Waals surface area contributed by atoms with Crippen LogP contribution in [0.25, 0.3) is 0 Å². The maximum absolute atomic E-state index is 13.3. The number of ether oxygens (including phenoxy) is 2. The molecule has 0 bridgehead atoms. The maximum Gasteiger partial charge on any atom is 0.311 e. The first kappa shape index (κ1) is 21.3. The molecule has 7 nitrogen and oxygen atoms in total. The van der Waals surface area contributed by atoms with Crippen LogP contribution in [0, 0.1) is 5.92 Å². The first-order chi connectivity index (χ1) is 14.5. The highest BCUT2D eigenvalue weighted by Crippen LogP contribution is 2.44. The van der Waals surface area contributed by atoms with Crippen molar-refractivity contribution in [3.05, 3.63) is 21.4 Å². The molecule has 4 rings (SSSR count). The summed E-state index contributed by atoms with van der Waals surface area (Å²) in [6, 6.07) is 0. The number of rotatable bonds is 5. The van der Waals surface area contributed by atoms with Crippen molar-refractivity contribution >= 4 is 29.1 Å². The summed E-state index contributed by atoms with van der Waals surface area (Å²) in [5, 5.41) is 2.14. The second-order valence-corrected chi connectivity index (χ2v) is 9.37. The Labute approximate surface area is 181 Å². The van der Waals surface area contributed by atoms with Crippen LogP contribution in [0.4, 0.5) is 0 Å². The Bertz CT molecular complexity index is 827. The molecule has 2 saturated heterocycles. The van der Waals surface area contributed by atoms with E-state index < -0.39 is 11.5 Å². The van der Waals surface area contributed by atoms with Gasteiger partial charge in [0.05, 0.1) is 30.1 Å². The highest BCUT2D eigenvalue weighted by Gasteiger charge is 2.57. The van der Waals surface area contributed by atoms with E-state index in [-0.39, 0.29) is 24.2 Å². The third-order valence-electron chi connectivity index (χ3n) is 7.09. The summed E-state index contributed by atoms with van der Waals surface area (Å²) >= 11 is 1.57. The number of hydrogen-bond acceptors (Lipinski definition) is 6. The van der Waals surface area contributed by atoms with Gasteiger partial charge < -0.3 is 19.3 Å². The van der Waals surface area contributed by atoms with Crippen molar-refractivity contribution in [1.29, 1.82) is 0 Å². The van der Waals surface area contributed by atoms with Gasteiger partial charge in [-0.1, -0.05) is 0 Å². The third kappa shape index (κ3) is 3.54. The van der Waals surface area contributed by atoms with Crippen LogP contribution in [0.1, 0.15) is 52.9 Å². The molecule has 3 heterocycles. The molecule has 1 unspecified atom stereocenters. The Morgan fingerprint density at radius 3 is 2.63 bits per heavy atom. The summed E-state index contributed by atoms with van der Waals surface area (Å²) in [6.45, 7) is 1.95. The second-order valence-electron chi connectivity index (χ2n) is 8.49. The Kier molecular flexibility index (Phi) is 6.16. The minimum Gasteiger partial charge on any atom is -0.469 e. The average Bonchev–Trinajstić information content (AvgIpc) is 3.31. The Balaban J connectivity index is 1.53. The molecule has 2 aliphatic heterocycles. The standard InChI is InChI=1S/C22H30N2O5S/c1-28-12-11-24-18(25)13-17(21(27)29-2)22(24)7-9-23(10-8-22)20(26)19-16-6-4-3-5-15(16)14-30-19/h14,17H,3-13H2,1-2H3. The largest absolute Gasteiger partial charge is 0.469 e. The van der Waals surface area contributed by atoms with Gasteiger partial charge in [0.25, 0.3) is 5.91 Å². The van der Waals surface area contributed by atoms with Crippen molar-refractivity contribution in [1.82, 2.24) is 9.80 Å². The number of amides is 2. The van der Waals surface area contributed by atoms with Gasteiger partial charge in [0, 0.05) is 33.2 Å². The van der Waals surface area contributed by atoms with Crippen molar-refractivity contribution in [2.45, 2.75) is 50.5 Å². The number of thiophene rings is 1. The molecule has 1 spiro atoms. The lowest BCUT2D eigenvalue weighted by Gasteiger charge is -2.47. The summed E-state index contributed by atoms with van der Waals surface area (Å²) in [5.74, 6) is -0.760. The lowest BCUT2D eigenvalue weighted by molar-refractivity contribution is -0.150. The number of esters is 1. The highest BCUT2D eigenvalue weighted by molar-refractivity contribution is 7.12. The fourth-order valence-corrected chi connectivity index (χ4v) is 6.57. The molecule has 1 aliphatic carbocycles. The molecule has 0 radical (unpaired) electrons. The van der Waals surface area contributed by atoms with E-state index in [2.05, 4.69) is 5.38 Å². The second kappa shape index (κ2) is 8.67. The third-order valence-corrected chi connectivity index (χ3v) is 8.14. The molecule has 8 heteroatoms. The van der Waals surface area contributed by atoms with E-state index in [0.717, 1.165) is 24.1 Å². The normalized spacial score (nSPS) is 23.0. The van der Waals surface area contributed by atoms with Crippen LogP contribution in [-0.4, -0.2) is 73.6 Å². The number of methoxy groups -OCH3 is 2. The molecular weight excluding hydrogens is 404 g/mol. The van der Waals surface area contributed by atoms with E-state index in [1.807, 2.05) is 9.80 Å². The highest BCUT2D eigenvalue weighted by atomic mass is 32.1. The van der Waals surface area contributed by atoms with Gasteiger partial charge in [-0.15, -0.1) is 11.3 Å². The van der Waals surface area contributed by atoms with Gasteiger partial charge in [-0.2, -0.15) is 0 Å². The monoisotopic (exact) mass is 434 g/mol. The van der Waals surface area contributed by atoms with Crippen LogP contribution >= 0.6 is 11.3 Å². The van der Waals surface area contributed by atoms with E-state index in [4.69, 9.17) is 9.47 Å². The molecule has 1 aromatic rings. The van der Waals surface area contributed by atoms with Crippen LogP contribution in [0.15, 0.2) is 5.38 Å². The van der Waals surface area contributed by atoms with Gasteiger partial charge in [0.15, 0.2) is 0 Å². The number of carbonyl (C=O) groups is 3. The lowest BCUT2D eigenvalue weighted by Crippen LogP contribution is -2.58. The number of hydrogen-bond donors (Lipinski definition) is 0. The van der Waals surface area contributed by atoms with Crippen LogP contribution in [0.2, 0.25) is 0 Å². The van der Waals surface area contributed by atoms with Crippen molar-refractivity contribution in [2.75, 3.05) is 40.5 Å². The number of piperidine rings is 1. The molecule has 3 aliphatic rings. The zero-order valence-corrected chi connectivity index (χ0v) is 18.6. The smallest absolute Gasteiger partial charge is 0.311 e. The summed E-state index contributed by atoms with van der Waals surface area (Å²) in [7, 11) is 2.98. The first-order valence-electron chi connectivity index (χ1n) is 10.8. The molecule has 2 amide bonds. The van der Waals surface area contributed by atoms with Gasteiger partial charge in [0.2, 0.25) is 5.91 Å². The fourth-order valence-electron chi connectivity index (χ4n) is 5.44. The molecule has 1 aromatic heterocycles. The molecular formula is C22H30N2O5S.